The van der Waals surface area contributed by atoms with Gasteiger partial charge < -0.3 is 4.74 Å². The van der Waals surface area contributed by atoms with Crippen molar-refractivity contribution in [2.45, 2.75) is 36.4 Å². The van der Waals surface area contributed by atoms with Crippen LogP contribution in [0.1, 0.15) is 27.2 Å². The smallest absolute Gasteiger partial charge is 0.308 e. The van der Waals surface area contributed by atoms with Gasteiger partial charge in [0.05, 0.1) is 12.5 Å². The van der Waals surface area contributed by atoms with E-state index in [1.807, 2.05) is 6.92 Å². The summed E-state index contributed by atoms with van der Waals surface area (Å²) in [7, 11) is 0. The molecule has 0 fully saturated rings. The largest absolute Gasteiger partial charge is 0.466 e. The summed E-state index contributed by atoms with van der Waals surface area (Å²) in [4.78, 5) is 11.5. The van der Waals surface area contributed by atoms with E-state index in [-0.39, 0.29) is 29.6 Å². The number of esters is 1. The average Bonchev–Trinajstić information content (AvgIpc) is 2.13. The van der Waals surface area contributed by atoms with Crippen molar-refractivity contribution < 1.29 is 9.53 Å². The first-order chi connectivity index (χ1) is 7.19. The van der Waals surface area contributed by atoms with Crippen LogP contribution in [0.25, 0.3) is 0 Å². The molecule has 0 aromatic carbocycles. The Labute approximate surface area is 117 Å². The van der Waals surface area contributed by atoms with Crippen LogP contribution in [0.5, 0.6) is 0 Å². The van der Waals surface area contributed by atoms with Crippen molar-refractivity contribution in [3.05, 3.63) is 0 Å². The van der Waals surface area contributed by atoms with Crippen molar-refractivity contribution in [1.29, 1.82) is 0 Å². The van der Waals surface area contributed by atoms with E-state index in [9.17, 15) is 4.79 Å². The zero-order valence-corrected chi connectivity index (χ0v) is 12.5. The van der Waals surface area contributed by atoms with Crippen LogP contribution < -0.4 is 0 Å². The van der Waals surface area contributed by atoms with Gasteiger partial charge in [-0.05, 0) is 12.8 Å². The molecule has 0 rings (SSSR count). The molecule has 6 heteroatoms. The summed E-state index contributed by atoms with van der Waals surface area (Å²) in [6, 6.07) is 0. The molecular weight excluding hydrogens is 294 g/mol. The summed E-state index contributed by atoms with van der Waals surface area (Å²) in [5.74, 6) is -0.698. The third kappa shape index (κ3) is 6.39. The second-order valence-corrected chi connectivity index (χ2v) is 6.81. The van der Waals surface area contributed by atoms with Crippen molar-refractivity contribution in [3.63, 3.8) is 0 Å². The third-order valence-electron chi connectivity index (χ3n) is 2.44. The Bertz CT molecular complexity index is 227. The van der Waals surface area contributed by atoms with Crippen LogP contribution >= 0.6 is 46.4 Å². The Morgan fingerprint density at radius 3 is 2.19 bits per heavy atom. The number of alkyl halides is 4. The second kappa shape index (κ2) is 7.15. The molecule has 0 bridgehead atoms. The Kier molecular flexibility index (Phi) is 7.43. The van der Waals surface area contributed by atoms with E-state index in [2.05, 4.69) is 0 Å². The van der Waals surface area contributed by atoms with Crippen molar-refractivity contribution >= 4 is 52.4 Å². The molecule has 0 aliphatic rings. The fourth-order valence-corrected chi connectivity index (χ4v) is 2.39. The fourth-order valence-electron chi connectivity index (χ4n) is 1.21. The highest BCUT2D eigenvalue weighted by molar-refractivity contribution is 6.67. The molecule has 0 amide bonds. The summed E-state index contributed by atoms with van der Waals surface area (Å²) in [5, 5.41) is -0.382. The normalized spacial score (nSPS) is 17.7. The number of carbonyl (C=O) groups excluding carboxylic acids is 1. The molecule has 96 valence electrons. The first kappa shape index (κ1) is 16.6. The fraction of sp³-hybridized carbons (Fsp3) is 0.900. The number of hydrogen-bond acceptors (Lipinski definition) is 2. The lowest BCUT2D eigenvalue weighted by molar-refractivity contribution is -0.149. The van der Waals surface area contributed by atoms with Crippen LogP contribution in [0.3, 0.4) is 0 Å². The molecule has 0 heterocycles. The van der Waals surface area contributed by atoms with Gasteiger partial charge in [-0.1, -0.05) is 48.7 Å². The highest BCUT2D eigenvalue weighted by Gasteiger charge is 2.32. The van der Waals surface area contributed by atoms with Crippen LogP contribution in [0, 0.1) is 11.8 Å². The van der Waals surface area contributed by atoms with Gasteiger partial charge >= 0.3 is 5.97 Å². The summed E-state index contributed by atoms with van der Waals surface area (Å²) in [6.07, 6.45) is 0.199. The van der Waals surface area contributed by atoms with Crippen LogP contribution in [-0.2, 0) is 9.53 Å². The van der Waals surface area contributed by atoms with Gasteiger partial charge in [0.1, 0.15) is 0 Å². The number of carbonyl (C=O) groups is 1. The molecule has 3 atom stereocenters. The average molecular weight is 310 g/mol. The molecule has 0 radical (unpaired) electrons. The first-order valence-corrected chi connectivity index (χ1v) is 6.63. The lowest BCUT2D eigenvalue weighted by atomic mass is 9.91. The summed E-state index contributed by atoms with van der Waals surface area (Å²) >= 11 is 23.0. The molecule has 0 aliphatic heterocycles. The Morgan fingerprint density at radius 1 is 1.31 bits per heavy atom. The summed E-state index contributed by atoms with van der Waals surface area (Å²) < 4.78 is 3.51. The van der Waals surface area contributed by atoms with Gasteiger partial charge in [-0.15, -0.1) is 11.6 Å². The maximum absolute atomic E-state index is 11.5. The molecular formula is C10H16Cl4O2. The molecule has 0 N–H and O–H groups in total. The molecule has 0 saturated heterocycles. The van der Waals surface area contributed by atoms with Crippen LogP contribution in [0.2, 0.25) is 0 Å². The van der Waals surface area contributed by atoms with E-state index in [1.165, 1.54) is 0 Å². The maximum atomic E-state index is 11.5. The zero-order chi connectivity index (χ0) is 12.9. The van der Waals surface area contributed by atoms with E-state index in [4.69, 9.17) is 51.1 Å². The monoisotopic (exact) mass is 308 g/mol. The van der Waals surface area contributed by atoms with Gasteiger partial charge in [-0.2, -0.15) is 0 Å². The van der Waals surface area contributed by atoms with Crippen molar-refractivity contribution in [2.75, 3.05) is 6.61 Å². The maximum Gasteiger partial charge on any atom is 0.308 e. The third-order valence-corrected chi connectivity index (χ3v) is 3.46. The van der Waals surface area contributed by atoms with E-state index in [1.54, 1.807) is 13.8 Å². The standard InChI is InChI=1S/C10H16Cl4O2/c1-4-16-9(15)7(3)6(2)8(11)5-10(12,13)14/h6-8H,4-5H2,1-3H3. The highest BCUT2D eigenvalue weighted by Crippen LogP contribution is 2.36. The molecule has 0 saturated carbocycles. The van der Waals surface area contributed by atoms with Gasteiger partial charge in [-0.25, -0.2) is 0 Å². The molecule has 16 heavy (non-hydrogen) atoms. The number of halogens is 4. The Hall–Kier alpha value is 0.630. The van der Waals surface area contributed by atoms with Crippen LogP contribution in [0.15, 0.2) is 0 Å². The molecule has 0 aliphatic carbocycles. The molecule has 0 spiro atoms. The van der Waals surface area contributed by atoms with Crippen LogP contribution in [-0.4, -0.2) is 21.7 Å². The zero-order valence-electron chi connectivity index (χ0n) is 9.47. The van der Waals surface area contributed by atoms with Crippen molar-refractivity contribution in [3.8, 4) is 0 Å². The van der Waals surface area contributed by atoms with Gasteiger partial charge in [0.25, 0.3) is 0 Å². The lowest BCUT2D eigenvalue weighted by Crippen LogP contribution is -2.29. The molecule has 0 aromatic heterocycles. The highest BCUT2D eigenvalue weighted by atomic mass is 35.6. The number of rotatable bonds is 5. The van der Waals surface area contributed by atoms with Gasteiger partial charge in [-0.3, -0.25) is 4.79 Å². The minimum absolute atomic E-state index is 0.114. The van der Waals surface area contributed by atoms with E-state index in [0.29, 0.717) is 6.61 Å². The van der Waals surface area contributed by atoms with E-state index in [0.717, 1.165) is 0 Å². The van der Waals surface area contributed by atoms with E-state index < -0.39 is 3.79 Å². The SMILES string of the molecule is CCOC(=O)C(C)C(C)C(Cl)CC(Cl)(Cl)Cl. The minimum Gasteiger partial charge on any atom is -0.466 e. The van der Waals surface area contributed by atoms with Gasteiger partial charge in [0, 0.05) is 11.8 Å². The predicted molar refractivity (Wildman–Crippen MR) is 69.5 cm³/mol. The Balaban J connectivity index is 4.31. The summed E-state index contributed by atoms with van der Waals surface area (Å²) in [6.45, 7) is 5.72. The second-order valence-electron chi connectivity index (χ2n) is 3.74. The molecule has 3 unspecified atom stereocenters. The van der Waals surface area contributed by atoms with Crippen molar-refractivity contribution in [2.24, 2.45) is 11.8 Å². The van der Waals surface area contributed by atoms with Gasteiger partial charge in [0.2, 0.25) is 0 Å². The summed E-state index contributed by atoms with van der Waals surface area (Å²) in [5.41, 5.74) is 0. The number of hydrogen-bond donors (Lipinski definition) is 0. The quantitative estimate of drug-likeness (QED) is 0.562. The van der Waals surface area contributed by atoms with Crippen LogP contribution in [0.4, 0.5) is 0 Å². The van der Waals surface area contributed by atoms with Gasteiger partial charge in [0.15, 0.2) is 3.79 Å². The lowest BCUT2D eigenvalue weighted by Gasteiger charge is -2.25. The minimum atomic E-state index is -1.39. The first-order valence-electron chi connectivity index (χ1n) is 5.06. The topological polar surface area (TPSA) is 26.3 Å². The predicted octanol–water partition coefficient (Wildman–Crippen LogP) is 4.19. The van der Waals surface area contributed by atoms with E-state index >= 15 is 0 Å². The number of ether oxygens (including phenoxy) is 1. The molecule has 0 aromatic rings. The Morgan fingerprint density at radius 2 is 1.81 bits per heavy atom. The van der Waals surface area contributed by atoms with Crippen molar-refractivity contribution in [1.82, 2.24) is 0 Å². The molecule has 2 nitrogen and oxygen atoms in total.